The van der Waals surface area contributed by atoms with Gasteiger partial charge in [0.15, 0.2) is 5.82 Å². The number of hydrogen-bond donors (Lipinski definition) is 0. The minimum absolute atomic E-state index is 0.0975. The fraction of sp³-hybridized carbons (Fsp3) is 0.500. The maximum atomic E-state index is 14.9. The van der Waals surface area contributed by atoms with Crippen LogP contribution in [0, 0.1) is 22.7 Å². The van der Waals surface area contributed by atoms with Gasteiger partial charge in [-0.1, -0.05) is 11.6 Å². The zero-order valence-corrected chi connectivity index (χ0v) is 21.3. The number of alkyl halides is 2. The van der Waals surface area contributed by atoms with Gasteiger partial charge < -0.3 is 9.64 Å². The van der Waals surface area contributed by atoms with Crippen LogP contribution in [0.5, 0.6) is 0 Å². The van der Waals surface area contributed by atoms with Gasteiger partial charge in [0, 0.05) is 42.2 Å². The van der Waals surface area contributed by atoms with Crippen LogP contribution in [0.15, 0.2) is 30.5 Å². The molecule has 0 radical (unpaired) electrons. The molecule has 12 heteroatoms. The van der Waals surface area contributed by atoms with Crippen molar-refractivity contribution in [2.45, 2.75) is 37.8 Å². The van der Waals surface area contributed by atoms with Crippen molar-refractivity contribution in [3.8, 4) is 11.8 Å². The molecule has 1 aromatic carbocycles. The molecule has 2 saturated heterocycles. The van der Waals surface area contributed by atoms with Crippen molar-refractivity contribution >= 4 is 17.5 Å². The number of aromatic nitrogens is 5. The zero-order chi connectivity index (χ0) is 26.1. The summed E-state index contributed by atoms with van der Waals surface area (Å²) in [6, 6.07) is 9.28. The Morgan fingerprint density at radius 1 is 1.16 bits per heavy atom. The van der Waals surface area contributed by atoms with Crippen LogP contribution in [0.3, 0.4) is 0 Å². The highest BCUT2D eigenvalue weighted by atomic mass is 35.5. The fourth-order valence-corrected chi connectivity index (χ4v) is 6.46. The Hall–Kier alpha value is -3.20. The monoisotopic (exact) mass is 538 g/mol. The molecule has 0 atom stereocenters. The number of halogens is 3. The maximum Gasteiger partial charge on any atom is 0.267 e. The van der Waals surface area contributed by atoms with E-state index in [1.54, 1.807) is 17.2 Å². The molecule has 1 aliphatic carbocycles. The van der Waals surface area contributed by atoms with Gasteiger partial charge in [-0.3, -0.25) is 9.47 Å². The largest absolute Gasteiger partial charge is 0.380 e. The molecule has 9 nitrogen and oxygen atoms in total. The van der Waals surface area contributed by atoms with E-state index in [4.69, 9.17) is 21.6 Å². The SMILES string of the molecule is N#Cc1ccnc(N2CC3(CC(c4nnc5n4-c4ccc(Cl)cc4CN(CC(F)(F)C4COC4)C5)C3)C2)n1. The highest BCUT2D eigenvalue weighted by molar-refractivity contribution is 6.30. The summed E-state index contributed by atoms with van der Waals surface area (Å²) in [7, 11) is 0. The topological polar surface area (TPSA) is 96.0 Å². The second-order valence-corrected chi connectivity index (χ2v) is 11.5. The molecule has 5 heterocycles. The Morgan fingerprint density at radius 2 is 1.97 bits per heavy atom. The minimum Gasteiger partial charge on any atom is -0.380 e. The van der Waals surface area contributed by atoms with Crippen LogP contribution in [0.2, 0.25) is 5.02 Å². The Bertz CT molecular complexity index is 1440. The molecule has 0 bridgehead atoms. The highest BCUT2D eigenvalue weighted by Gasteiger charge is 2.55. The van der Waals surface area contributed by atoms with Crippen LogP contribution in [-0.2, 0) is 17.8 Å². The molecule has 3 aromatic rings. The molecular formula is C26H25ClF2N8O. The van der Waals surface area contributed by atoms with Crippen LogP contribution >= 0.6 is 11.6 Å². The van der Waals surface area contributed by atoms with Gasteiger partial charge in [-0.05, 0) is 42.7 Å². The van der Waals surface area contributed by atoms with Crippen LogP contribution in [0.4, 0.5) is 14.7 Å². The van der Waals surface area contributed by atoms with Gasteiger partial charge in [0.2, 0.25) is 5.95 Å². The third-order valence-corrected chi connectivity index (χ3v) is 8.52. The van der Waals surface area contributed by atoms with E-state index in [0.717, 1.165) is 43.0 Å². The number of fused-ring (bicyclic) bond motifs is 3. The van der Waals surface area contributed by atoms with Gasteiger partial charge in [-0.25, -0.2) is 18.7 Å². The Labute approximate surface area is 223 Å². The van der Waals surface area contributed by atoms with Crippen LogP contribution in [0.25, 0.3) is 5.69 Å². The van der Waals surface area contributed by atoms with E-state index < -0.39 is 11.8 Å². The summed E-state index contributed by atoms with van der Waals surface area (Å²) in [6.45, 7) is 2.12. The molecule has 7 rings (SSSR count). The quantitative estimate of drug-likeness (QED) is 0.486. The normalized spacial score (nSPS) is 21.1. The smallest absolute Gasteiger partial charge is 0.267 e. The van der Waals surface area contributed by atoms with Crippen molar-refractivity contribution in [2.75, 3.05) is 37.7 Å². The van der Waals surface area contributed by atoms with E-state index in [2.05, 4.69) is 35.7 Å². The lowest BCUT2D eigenvalue weighted by Crippen LogP contribution is -2.62. The molecule has 3 fully saturated rings. The molecule has 0 amide bonds. The summed E-state index contributed by atoms with van der Waals surface area (Å²) in [6.07, 6.45) is 3.52. The number of anilines is 1. The lowest BCUT2D eigenvalue weighted by molar-refractivity contribution is -0.179. The first kappa shape index (κ1) is 23.9. The molecule has 1 spiro atoms. The second kappa shape index (κ2) is 8.66. The summed E-state index contributed by atoms with van der Waals surface area (Å²) < 4.78 is 36.9. The van der Waals surface area contributed by atoms with Gasteiger partial charge in [-0.15, -0.1) is 10.2 Å². The zero-order valence-electron chi connectivity index (χ0n) is 20.5. The minimum atomic E-state index is -2.85. The van der Waals surface area contributed by atoms with Gasteiger partial charge in [-0.2, -0.15) is 5.26 Å². The van der Waals surface area contributed by atoms with Crippen LogP contribution < -0.4 is 4.90 Å². The summed E-state index contributed by atoms with van der Waals surface area (Å²) in [5.41, 5.74) is 2.31. The summed E-state index contributed by atoms with van der Waals surface area (Å²) in [4.78, 5) is 12.5. The van der Waals surface area contributed by atoms with Crippen LogP contribution in [-0.4, -0.2) is 68.4 Å². The van der Waals surface area contributed by atoms with Crippen molar-refractivity contribution in [3.63, 3.8) is 0 Å². The van der Waals surface area contributed by atoms with E-state index >= 15 is 0 Å². The molecule has 1 saturated carbocycles. The second-order valence-electron chi connectivity index (χ2n) is 11.0. The molecule has 196 valence electrons. The number of rotatable bonds is 5. The van der Waals surface area contributed by atoms with E-state index in [0.29, 0.717) is 29.0 Å². The molecule has 0 N–H and O–H groups in total. The lowest BCUT2D eigenvalue weighted by atomic mass is 9.57. The summed E-state index contributed by atoms with van der Waals surface area (Å²) in [5.74, 6) is -1.25. The van der Waals surface area contributed by atoms with E-state index in [9.17, 15) is 8.78 Å². The number of nitrogens with zero attached hydrogens (tertiary/aromatic N) is 8. The van der Waals surface area contributed by atoms with E-state index in [1.165, 1.54) is 0 Å². The van der Waals surface area contributed by atoms with Gasteiger partial charge in [0.05, 0.1) is 37.9 Å². The number of hydrogen-bond acceptors (Lipinski definition) is 8. The highest BCUT2D eigenvalue weighted by Crippen LogP contribution is 2.56. The Balaban J connectivity index is 1.11. The molecule has 0 unspecified atom stereocenters. The summed E-state index contributed by atoms with van der Waals surface area (Å²) in [5, 5.41) is 18.7. The predicted molar refractivity (Wildman–Crippen MR) is 133 cm³/mol. The number of ether oxygens (including phenoxy) is 1. The van der Waals surface area contributed by atoms with Gasteiger partial charge in [0.1, 0.15) is 17.6 Å². The van der Waals surface area contributed by atoms with Crippen molar-refractivity contribution in [2.24, 2.45) is 11.3 Å². The van der Waals surface area contributed by atoms with Crippen molar-refractivity contribution in [1.29, 1.82) is 5.26 Å². The molecule has 4 aliphatic rings. The Morgan fingerprint density at radius 3 is 2.71 bits per heavy atom. The average Bonchev–Trinajstić information content (AvgIpc) is 3.11. The van der Waals surface area contributed by atoms with Crippen molar-refractivity contribution in [1.82, 2.24) is 29.6 Å². The van der Waals surface area contributed by atoms with E-state index in [1.807, 2.05) is 18.2 Å². The molecule has 2 aromatic heterocycles. The average molecular weight is 539 g/mol. The maximum absolute atomic E-state index is 14.9. The van der Waals surface area contributed by atoms with Crippen LogP contribution in [0.1, 0.15) is 41.7 Å². The third kappa shape index (κ3) is 3.94. The first-order valence-electron chi connectivity index (χ1n) is 12.7. The standard InChI is InChI=1S/C26H25ClF2N8O/c27-19-1-2-21-16(5-19)9-35(15-26(28,29)18-11-38-12-18)10-22-33-34-23(37(21)22)17-6-25(7-17)13-36(14-25)24-31-4-3-20(8-30)32-24/h1-5,17-18H,6-7,9-15H2. The van der Waals surface area contributed by atoms with Crippen molar-refractivity contribution < 1.29 is 13.5 Å². The molecule has 3 aliphatic heterocycles. The molecular weight excluding hydrogens is 514 g/mol. The predicted octanol–water partition coefficient (Wildman–Crippen LogP) is 3.56. The number of nitriles is 1. The molecule has 38 heavy (non-hydrogen) atoms. The summed E-state index contributed by atoms with van der Waals surface area (Å²) >= 11 is 6.33. The third-order valence-electron chi connectivity index (χ3n) is 8.28. The van der Waals surface area contributed by atoms with Gasteiger partial charge in [0.25, 0.3) is 5.92 Å². The first-order valence-corrected chi connectivity index (χ1v) is 13.1. The lowest BCUT2D eigenvalue weighted by Gasteiger charge is -2.58. The Kier molecular flexibility index (Phi) is 5.44. The first-order chi connectivity index (χ1) is 18.3. The number of benzene rings is 1. The van der Waals surface area contributed by atoms with E-state index in [-0.39, 0.29) is 37.6 Å². The van der Waals surface area contributed by atoms with Gasteiger partial charge >= 0.3 is 0 Å². The fourth-order valence-electron chi connectivity index (χ4n) is 6.27. The van der Waals surface area contributed by atoms with Crippen molar-refractivity contribution in [3.05, 3.63) is 58.4 Å².